The number of hydrogen-bond acceptors (Lipinski definition) is 6. The van der Waals surface area contributed by atoms with E-state index in [0.29, 0.717) is 12.2 Å². The summed E-state index contributed by atoms with van der Waals surface area (Å²) < 4.78 is 7.67. The Morgan fingerprint density at radius 1 is 1.42 bits per heavy atom. The SMILES string of the molecule is CCCNCCn1nnnc1SCC1CCC(C)O1. The van der Waals surface area contributed by atoms with Gasteiger partial charge in [-0.15, -0.1) is 5.10 Å². The topological polar surface area (TPSA) is 64.9 Å². The zero-order valence-electron chi connectivity index (χ0n) is 11.7. The van der Waals surface area contributed by atoms with Crippen LogP contribution < -0.4 is 5.32 Å². The van der Waals surface area contributed by atoms with Crippen molar-refractivity contribution in [3.8, 4) is 0 Å². The number of rotatable bonds is 8. The second-order valence-corrected chi connectivity index (χ2v) is 5.88. The van der Waals surface area contributed by atoms with E-state index in [1.54, 1.807) is 11.8 Å². The third-order valence-corrected chi connectivity index (χ3v) is 4.23. The predicted molar refractivity (Wildman–Crippen MR) is 75.3 cm³/mol. The molecule has 0 amide bonds. The van der Waals surface area contributed by atoms with Gasteiger partial charge in [0.2, 0.25) is 5.16 Å². The quantitative estimate of drug-likeness (QED) is 0.574. The minimum Gasteiger partial charge on any atom is -0.374 e. The Morgan fingerprint density at radius 2 is 2.32 bits per heavy atom. The average molecular weight is 285 g/mol. The van der Waals surface area contributed by atoms with Gasteiger partial charge in [0.15, 0.2) is 0 Å². The molecule has 0 saturated carbocycles. The molecule has 0 spiro atoms. The van der Waals surface area contributed by atoms with Crippen molar-refractivity contribution in [2.75, 3.05) is 18.8 Å². The van der Waals surface area contributed by atoms with Gasteiger partial charge in [0, 0.05) is 12.3 Å². The van der Waals surface area contributed by atoms with Gasteiger partial charge in [0.05, 0.1) is 18.8 Å². The summed E-state index contributed by atoms with van der Waals surface area (Å²) in [5, 5.41) is 16.1. The van der Waals surface area contributed by atoms with Crippen LogP contribution in [0.2, 0.25) is 0 Å². The molecule has 1 fully saturated rings. The minimum absolute atomic E-state index is 0.350. The molecule has 0 radical (unpaired) electrons. The van der Waals surface area contributed by atoms with Crippen molar-refractivity contribution in [1.82, 2.24) is 25.5 Å². The average Bonchev–Trinajstić information content (AvgIpc) is 3.01. The second kappa shape index (κ2) is 7.81. The highest BCUT2D eigenvalue weighted by Crippen LogP contribution is 2.24. The van der Waals surface area contributed by atoms with Crippen LogP contribution in [0.15, 0.2) is 5.16 Å². The van der Waals surface area contributed by atoms with Crippen LogP contribution in [0.5, 0.6) is 0 Å². The van der Waals surface area contributed by atoms with E-state index in [1.165, 1.54) is 0 Å². The number of nitrogens with one attached hydrogen (secondary N) is 1. The molecule has 2 atom stereocenters. The van der Waals surface area contributed by atoms with Gasteiger partial charge in [0.25, 0.3) is 0 Å². The van der Waals surface area contributed by atoms with Crippen LogP contribution in [0, 0.1) is 0 Å². The van der Waals surface area contributed by atoms with Gasteiger partial charge in [-0.05, 0) is 43.2 Å². The molecule has 1 N–H and O–H groups in total. The first-order valence-corrected chi connectivity index (χ1v) is 8.03. The standard InChI is InChI=1S/C12H23N5OS/c1-3-6-13-7-8-17-12(14-15-16-17)19-9-11-5-4-10(2)18-11/h10-11,13H,3-9H2,1-2H3. The van der Waals surface area contributed by atoms with E-state index in [-0.39, 0.29) is 0 Å². The van der Waals surface area contributed by atoms with Crippen molar-refractivity contribution in [1.29, 1.82) is 0 Å². The van der Waals surface area contributed by atoms with Gasteiger partial charge >= 0.3 is 0 Å². The molecule has 1 aromatic rings. The lowest BCUT2D eigenvalue weighted by Gasteiger charge is -2.10. The zero-order chi connectivity index (χ0) is 13.5. The summed E-state index contributed by atoms with van der Waals surface area (Å²) in [7, 11) is 0. The summed E-state index contributed by atoms with van der Waals surface area (Å²) in [4.78, 5) is 0. The monoisotopic (exact) mass is 285 g/mol. The number of aromatic nitrogens is 4. The molecular formula is C12H23N5OS. The molecule has 1 aliphatic rings. The predicted octanol–water partition coefficient (Wildman–Crippen LogP) is 1.33. The molecule has 6 nitrogen and oxygen atoms in total. The van der Waals surface area contributed by atoms with Crippen molar-refractivity contribution in [2.45, 2.75) is 57.0 Å². The van der Waals surface area contributed by atoms with Crippen molar-refractivity contribution in [3.63, 3.8) is 0 Å². The van der Waals surface area contributed by atoms with E-state index in [1.807, 2.05) is 4.68 Å². The van der Waals surface area contributed by atoms with Crippen LogP contribution in [-0.4, -0.2) is 51.3 Å². The molecule has 2 unspecified atom stereocenters. The van der Waals surface area contributed by atoms with Crippen LogP contribution in [0.1, 0.15) is 33.1 Å². The van der Waals surface area contributed by atoms with Crippen LogP contribution in [0.25, 0.3) is 0 Å². The van der Waals surface area contributed by atoms with E-state index in [4.69, 9.17) is 4.74 Å². The van der Waals surface area contributed by atoms with Crippen LogP contribution >= 0.6 is 11.8 Å². The number of nitrogens with zero attached hydrogens (tertiary/aromatic N) is 4. The fraction of sp³-hybridized carbons (Fsp3) is 0.917. The van der Waals surface area contributed by atoms with Gasteiger partial charge in [-0.25, -0.2) is 4.68 Å². The molecule has 0 aromatic carbocycles. The first-order valence-electron chi connectivity index (χ1n) is 7.04. The lowest BCUT2D eigenvalue weighted by atomic mass is 10.2. The summed E-state index contributed by atoms with van der Waals surface area (Å²) >= 11 is 1.69. The van der Waals surface area contributed by atoms with Crippen LogP contribution in [0.3, 0.4) is 0 Å². The summed E-state index contributed by atoms with van der Waals surface area (Å²) in [5.41, 5.74) is 0. The van der Waals surface area contributed by atoms with Crippen molar-refractivity contribution in [2.24, 2.45) is 0 Å². The van der Waals surface area contributed by atoms with Crippen molar-refractivity contribution >= 4 is 11.8 Å². The smallest absolute Gasteiger partial charge is 0.209 e. The van der Waals surface area contributed by atoms with E-state index in [0.717, 1.165) is 49.8 Å². The number of thioether (sulfide) groups is 1. The van der Waals surface area contributed by atoms with Gasteiger partial charge in [-0.3, -0.25) is 0 Å². The highest BCUT2D eigenvalue weighted by molar-refractivity contribution is 7.99. The molecule has 108 valence electrons. The third-order valence-electron chi connectivity index (χ3n) is 3.14. The van der Waals surface area contributed by atoms with Gasteiger partial charge < -0.3 is 10.1 Å². The first-order chi connectivity index (χ1) is 9.29. The lowest BCUT2D eigenvalue weighted by molar-refractivity contribution is 0.0699. The Balaban J connectivity index is 1.72. The van der Waals surface area contributed by atoms with E-state index in [2.05, 4.69) is 34.7 Å². The number of tetrazole rings is 1. The van der Waals surface area contributed by atoms with Crippen LogP contribution in [0.4, 0.5) is 0 Å². The minimum atomic E-state index is 0.350. The van der Waals surface area contributed by atoms with Gasteiger partial charge in [0.1, 0.15) is 0 Å². The molecule has 0 bridgehead atoms. The molecule has 1 aromatic heterocycles. The highest BCUT2D eigenvalue weighted by Gasteiger charge is 2.22. The normalized spacial score (nSPS) is 23.1. The second-order valence-electron chi connectivity index (χ2n) is 4.89. The summed E-state index contributed by atoms with van der Waals surface area (Å²) in [5.74, 6) is 0.938. The van der Waals surface area contributed by atoms with E-state index < -0.39 is 0 Å². The third kappa shape index (κ3) is 4.74. The van der Waals surface area contributed by atoms with Gasteiger partial charge in [-0.1, -0.05) is 18.7 Å². The largest absolute Gasteiger partial charge is 0.374 e. The first kappa shape index (κ1) is 14.7. The van der Waals surface area contributed by atoms with Crippen LogP contribution in [-0.2, 0) is 11.3 Å². The molecular weight excluding hydrogens is 262 g/mol. The Bertz CT molecular complexity index is 373. The lowest BCUT2D eigenvalue weighted by Crippen LogP contribution is -2.21. The highest BCUT2D eigenvalue weighted by atomic mass is 32.2. The fourth-order valence-corrected chi connectivity index (χ4v) is 3.05. The Morgan fingerprint density at radius 3 is 3.05 bits per heavy atom. The van der Waals surface area contributed by atoms with Gasteiger partial charge in [-0.2, -0.15) is 0 Å². The molecule has 1 saturated heterocycles. The Hall–Kier alpha value is -0.660. The maximum Gasteiger partial charge on any atom is 0.209 e. The molecule has 7 heteroatoms. The number of ether oxygens (including phenoxy) is 1. The fourth-order valence-electron chi connectivity index (χ4n) is 2.10. The van der Waals surface area contributed by atoms with E-state index >= 15 is 0 Å². The number of hydrogen-bond donors (Lipinski definition) is 1. The molecule has 2 heterocycles. The molecule has 19 heavy (non-hydrogen) atoms. The molecule has 1 aliphatic heterocycles. The van der Waals surface area contributed by atoms with Crippen molar-refractivity contribution in [3.05, 3.63) is 0 Å². The zero-order valence-corrected chi connectivity index (χ0v) is 12.5. The summed E-state index contributed by atoms with van der Waals surface area (Å²) in [6.07, 6.45) is 4.21. The van der Waals surface area contributed by atoms with Crippen molar-refractivity contribution < 1.29 is 4.74 Å². The summed E-state index contributed by atoms with van der Waals surface area (Å²) in [6, 6.07) is 0. The Labute approximate surface area is 118 Å². The summed E-state index contributed by atoms with van der Waals surface area (Å²) in [6.45, 7) is 7.06. The molecule has 2 rings (SSSR count). The Kier molecular flexibility index (Phi) is 6.06. The maximum absolute atomic E-state index is 5.80. The molecule has 0 aliphatic carbocycles. The maximum atomic E-state index is 5.80. The van der Waals surface area contributed by atoms with E-state index in [9.17, 15) is 0 Å².